The van der Waals surface area contributed by atoms with Gasteiger partial charge < -0.3 is 14.1 Å². The lowest BCUT2D eigenvalue weighted by molar-refractivity contribution is 0.0486. The minimum absolute atomic E-state index is 0.272. The van der Waals surface area contributed by atoms with E-state index in [0.717, 1.165) is 25.3 Å². The smallest absolute Gasteiger partial charge is 0.374 e. The number of fused-ring (bicyclic) bond motifs is 1. The Morgan fingerprint density at radius 1 is 1.27 bits per heavy atom. The van der Waals surface area contributed by atoms with E-state index in [1.165, 1.54) is 22.0 Å². The number of nitrogens with one attached hydrogen (secondary N) is 1. The van der Waals surface area contributed by atoms with Gasteiger partial charge in [-0.15, -0.1) is 0 Å². The van der Waals surface area contributed by atoms with Gasteiger partial charge in [0.15, 0.2) is 0 Å². The SMILES string of the molecule is CCOC(=O)c1ccc(CN2CC=C(c3c[nH]c4ccccc34)CC2)o1. The maximum Gasteiger partial charge on any atom is 0.374 e. The van der Waals surface area contributed by atoms with Crippen LogP contribution in [0.15, 0.2) is 53.1 Å². The van der Waals surface area contributed by atoms with Crippen molar-refractivity contribution in [3.63, 3.8) is 0 Å². The van der Waals surface area contributed by atoms with Crippen LogP contribution in [0.2, 0.25) is 0 Å². The standard InChI is InChI=1S/C21H22N2O3/c1-2-25-21(24)20-8-7-16(26-20)14-23-11-9-15(10-12-23)18-13-22-19-6-4-3-5-17(18)19/h3-9,13,22H,2,10-12,14H2,1H3. The summed E-state index contributed by atoms with van der Waals surface area (Å²) in [7, 11) is 0. The number of ether oxygens (including phenoxy) is 1. The molecule has 2 aromatic heterocycles. The largest absolute Gasteiger partial charge is 0.460 e. The van der Waals surface area contributed by atoms with Crippen molar-refractivity contribution in [2.45, 2.75) is 19.9 Å². The molecule has 0 fully saturated rings. The van der Waals surface area contributed by atoms with Crippen molar-refractivity contribution < 1.29 is 13.9 Å². The second kappa shape index (κ2) is 7.22. The van der Waals surface area contributed by atoms with Crippen LogP contribution in [0.25, 0.3) is 16.5 Å². The fourth-order valence-electron chi connectivity index (χ4n) is 3.43. The van der Waals surface area contributed by atoms with Crippen molar-refractivity contribution in [2.75, 3.05) is 19.7 Å². The van der Waals surface area contributed by atoms with Crippen molar-refractivity contribution in [1.82, 2.24) is 9.88 Å². The number of aromatic nitrogens is 1. The van der Waals surface area contributed by atoms with Crippen molar-refractivity contribution in [1.29, 1.82) is 0 Å². The zero-order valence-electron chi connectivity index (χ0n) is 14.8. The Hall–Kier alpha value is -2.79. The summed E-state index contributed by atoms with van der Waals surface area (Å²) in [6.45, 7) is 4.65. The zero-order chi connectivity index (χ0) is 17.9. The number of esters is 1. The topological polar surface area (TPSA) is 58.5 Å². The molecule has 0 aliphatic carbocycles. The second-order valence-electron chi connectivity index (χ2n) is 6.45. The highest BCUT2D eigenvalue weighted by Crippen LogP contribution is 2.29. The summed E-state index contributed by atoms with van der Waals surface area (Å²) in [5, 5.41) is 1.28. The quantitative estimate of drug-likeness (QED) is 0.700. The molecule has 4 rings (SSSR count). The van der Waals surface area contributed by atoms with Crippen LogP contribution in [0, 0.1) is 0 Å². The lowest BCUT2D eigenvalue weighted by Gasteiger charge is -2.25. The van der Waals surface area contributed by atoms with Crippen molar-refractivity contribution in [3.05, 3.63) is 65.8 Å². The van der Waals surface area contributed by atoms with Crippen LogP contribution >= 0.6 is 0 Å². The third kappa shape index (κ3) is 3.30. The molecule has 1 aliphatic heterocycles. The predicted octanol–water partition coefficient (Wildman–Crippen LogP) is 4.23. The lowest BCUT2D eigenvalue weighted by atomic mass is 9.99. The Balaban J connectivity index is 1.42. The first kappa shape index (κ1) is 16.7. The van der Waals surface area contributed by atoms with Gasteiger partial charge in [-0.1, -0.05) is 24.3 Å². The molecule has 134 valence electrons. The summed E-state index contributed by atoms with van der Waals surface area (Å²) < 4.78 is 10.6. The minimum Gasteiger partial charge on any atom is -0.460 e. The number of aromatic amines is 1. The number of benzene rings is 1. The van der Waals surface area contributed by atoms with E-state index < -0.39 is 5.97 Å². The maximum absolute atomic E-state index is 11.7. The fourth-order valence-corrected chi connectivity index (χ4v) is 3.43. The maximum atomic E-state index is 11.7. The average molecular weight is 350 g/mol. The number of rotatable bonds is 5. The summed E-state index contributed by atoms with van der Waals surface area (Å²) in [6.07, 6.45) is 5.38. The van der Waals surface area contributed by atoms with E-state index in [2.05, 4.69) is 40.4 Å². The molecule has 0 amide bonds. The molecule has 26 heavy (non-hydrogen) atoms. The third-order valence-corrected chi connectivity index (χ3v) is 4.75. The minimum atomic E-state index is -0.404. The first-order valence-electron chi connectivity index (χ1n) is 8.98. The molecule has 0 bridgehead atoms. The number of H-pyrrole nitrogens is 1. The highest BCUT2D eigenvalue weighted by atomic mass is 16.5. The highest BCUT2D eigenvalue weighted by molar-refractivity contribution is 5.92. The van der Waals surface area contributed by atoms with Crippen LogP contribution in [-0.4, -0.2) is 35.5 Å². The van der Waals surface area contributed by atoms with Gasteiger partial charge >= 0.3 is 5.97 Å². The van der Waals surface area contributed by atoms with Crippen LogP contribution in [-0.2, 0) is 11.3 Å². The molecule has 1 aromatic carbocycles. The van der Waals surface area contributed by atoms with E-state index in [1.807, 2.05) is 12.1 Å². The Kier molecular flexibility index (Phi) is 4.63. The summed E-state index contributed by atoms with van der Waals surface area (Å²) in [4.78, 5) is 17.3. The van der Waals surface area contributed by atoms with Crippen LogP contribution in [0.4, 0.5) is 0 Å². The number of nitrogens with zero attached hydrogens (tertiary/aromatic N) is 1. The monoisotopic (exact) mass is 350 g/mol. The van der Waals surface area contributed by atoms with Crippen LogP contribution in [0.1, 0.15) is 35.2 Å². The predicted molar refractivity (Wildman–Crippen MR) is 101 cm³/mol. The first-order chi connectivity index (χ1) is 12.7. The molecule has 3 aromatic rings. The van der Waals surface area contributed by atoms with E-state index in [4.69, 9.17) is 9.15 Å². The number of furan rings is 1. The molecule has 0 radical (unpaired) electrons. The highest BCUT2D eigenvalue weighted by Gasteiger charge is 2.18. The normalized spacial score (nSPS) is 15.2. The molecular formula is C21H22N2O3. The van der Waals surface area contributed by atoms with Crippen LogP contribution in [0.5, 0.6) is 0 Å². The van der Waals surface area contributed by atoms with Gasteiger partial charge in [0, 0.05) is 35.8 Å². The molecule has 3 heterocycles. The van der Waals surface area contributed by atoms with E-state index >= 15 is 0 Å². The first-order valence-corrected chi connectivity index (χ1v) is 8.98. The number of hydrogen-bond acceptors (Lipinski definition) is 4. The van der Waals surface area contributed by atoms with Gasteiger partial charge in [0.2, 0.25) is 5.76 Å². The molecule has 0 unspecified atom stereocenters. The van der Waals surface area contributed by atoms with Crippen molar-refractivity contribution >= 4 is 22.4 Å². The molecule has 0 spiro atoms. The van der Waals surface area contributed by atoms with Gasteiger partial charge in [0.1, 0.15) is 5.76 Å². The molecule has 1 N–H and O–H groups in total. The summed E-state index contributed by atoms with van der Waals surface area (Å²) in [5.41, 5.74) is 3.85. The summed E-state index contributed by atoms with van der Waals surface area (Å²) >= 11 is 0. The average Bonchev–Trinajstić information content (AvgIpc) is 3.30. The summed E-state index contributed by atoms with van der Waals surface area (Å²) in [6, 6.07) is 11.9. The van der Waals surface area contributed by atoms with Crippen LogP contribution < -0.4 is 0 Å². The Morgan fingerprint density at radius 2 is 2.15 bits per heavy atom. The number of carbonyl (C=O) groups excluding carboxylic acids is 1. The molecule has 1 aliphatic rings. The van der Waals surface area contributed by atoms with E-state index in [0.29, 0.717) is 13.2 Å². The fraction of sp³-hybridized carbons (Fsp3) is 0.286. The molecular weight excluding hydrogens is 328 g/mol. The molecule has 5 nitrogen and oxygen atoms in total. The zero-order valence-corrected chi connectivity index (χ0v) is 14.8. The Labute approximate surface area is 152 Å². The van der Waals surface area contributed by atoms with Gasteiger partial charge in [0.25, 0.3) is 0 Å². The van der Waals surface area contributed by atoms with E-state index in [-0.39, 0.29) is 5.76 Å². The Bertz CT molecular complexity index is 951. The van der Waals surface area contributed by atoms with Gasteiger partial charge in [-0.2, -0.15) is 0 Å². The summed E-state index contributed by atoms with van der Waals surface area (Å²) in [5.74, 6) is 0.657. The van der Waals surface area contributed by atoms with Gasteiger partial charge in [-0.25, -0.2) is 4.79 Å². The lowest BCUT2D eigenvalue weighted by Crippen LogP contribution is -2.27. The number of para-hydroxylation sites is 1. The van der Waals surface area contributed by atoms with Gasteiger partial charge in [-0.3, -0.25) is 4.90 Å². The van der Waals surface area contributed by atoms with E-state index in [1.54, 1.807) is 13.0 Å². The van der Waals surface area contributed by atoms with Gasteiger partial charge in [-0.05, 0) is 37.1 Å². The van der Waals surface area contributed by atoms with E-state index in [9.17, 15) is 4.79 Å². The molecule has 5 heteroatoms. The van der Waals surface area contributed by atoms with Crippen molar-refractivity contribution in [3.8, 4) is 0 Å². The van der Waals surface area contributed by atoms with Crippen molar-refractivity contribution in [2.24, 2.45) is 0 Å². The third-order valence-electron chi connectivity index (χ3n) is 4.75. The molecule has 0 saturated carbocycles. The number of carbonyl (C=O) groups is 1. The van der Waals surface area contributed by atoms with Crippen LogP contribution in [0.3, 0.4) is 0 Å². The Morgan fingerprint density at radius 3 is 2.96 bits per heavy atom. The van der Waals surface area contributed by atoms with Gasteiger partial charge in [0.05, 0.1) is 13.2 Å². The molecule has 0 atom stereocenters. The second-order valence-corrected chi connectivity index (χ2v) is 6.45. The molecule has 0 saturated heterocycles. The number of hydrogen-bond donors (Lipinski definition) is 1.